The van der Waals surface area contributed by atoms with Crippen LogP contribution in [-0.4, -0.2) is 35.0 Å². The molecule has 0 atom stereocenters. The van der Waals surface area contributed by atoms with E-state index in [4.69, 9.17) is 4.74 Å². The molecule has 2 rings (SSSR count). The Morgan fingerprint density at radius 2 is 2.13 bits per heavy atom. The van der Waals surface area contributed by atoms with Crippen molar-refractivity contribution in [1.29, 1.82) is 0 Å². The second-order valence-corrected chi connectivity index (χ2v) is 7.25. The Bertz CT molecular complexity index is 646. The Labute approximate surface area is 144 Å². The Morgan fingerprint density at radius 3 is 2.87 bits per heavy atom. The van der Waals surface area contributed by atoms with E-state index in [-0.39, 0.29) is 5.91 Å². The zero-order chi connectivity index (χ0) is 16.7. The van der Waals surface area contributed by atoms with Gasteiger partial charge in [0.05, 0.1) is 12.9 Å². The third-order valence-corrected chi connectivity index (χ3v) is 4.80. The summed E-state index contributed by atoms with van der Waals surface area (Å²) >= 11 is 2.84. The minimum Gasteiger partial charge on any atom is -0.496 e. The van der Waals surface area contributed by atoms with E-state index in [0.29, 0.717) is 18.3 Å². The average Bonchev–Trinajstić information content (AvgIpc) is 2.97. The second-order valence-electron chi connectivity index (χ2n) is 5.05. The van der Waals surface area contributed by atoms with Crippen LogP contribution in [0, 0.1) is 0 Å². The van der Waals surface area contributed by atoms with Crippen LogP contribution in [0.2, 0.25) is 0 Å². The smallest absolute Gasteiger partial charge is 0.230 e. The number of amides is 1. The Hall–Kier alpha value is -1.80. The monoisotopic (exact) mass is 352 g/mol. The molecule has 124 valence electrons. The lowest BCUT2D eigenvalue weighted by atomic mass is 10.2. The molecule has 2 aromatic rings. The lowest BCUT2D eigenvalue weighted by Gasteiger charge is -2.09. The van der Waals surface area contributed by atoms with Crippen LogP contribution in [0.3, 0.4) is 0 Å². The van der Waals surface area contributed by atoms with Crippen LogP contribution in [0.4, 0.5) is 5.13 Å². The molecule has 0 aliphatic rings. The first-order valence-corrected chi connectivity index (χ1v) is 9.00. The number of rotatable bonds is 8. The second kappa shape index (κ2) is 8.73. The number of anilines is 1. The van der Waals surface area contributed by atoms with Crippen LogP contribution in [0.25, 0.3) is 0 Å². The first kappa shape index (κ1) is 17.6. The van der Waals surface area contributed by atoms with E-state index in [1.54, 1.807) is 7.11 Å². The van der Waals surface area contributed by atoms with Crippen molar-refractivity contribution >= 4 is 34.1 Å². The predicted octanol–water partition coefficient (Wildman–Crippen LogP) is 2.78. The molecule has 6 nitrogen and oxygen atoms in total. The van der Waals surface area contributed by atoms with Crippen molar-refractivity contribution in [3.8, 4) is 5.75 Å². The zero-order valence-electron chi connectivity index (χ0n) is 13.3. The number of aromatic nitrogens is 2. The maximum absolute atomic E-state index is 11.9. The van der Waals surface area contributed by atoms with Crippen molar-refractivity contribution in [3.05, 3.63) is 29.8 Å². The molecule has 1 aromatic heterocycles. The van der Waals surface area contributed by atoms with Crippen molar-refractivity contribution in [3.63, 3.8) is 0 Å². The van der Waals surface area contributed by atoms with E-state index in [0.717, 1.165) is 20.8 Å². The van der Waals surface area contributed by atoms with Gasteiger partial charge in [0.15, 0.2) is 4.34 Å². The number of nitrogens with zero attached hydrogens (tertiary/aromatic N) is 2. The lowest BCUT2D eigenvalue weighted by molar-refractivity contribution is -0.118. The molecule has 2 N–H and O–H groups in total. The zero-order valence-corrected chi connectivity index (χ0v) is 15.0. The molecule has 0 unspecified atom stereocenters. The summed E-state index contributed by atoms with van der Waals surface area (Å²) in [5, 5.41) is 14.9. The average molecular weight is 352 g/mol. The molecule has 8 heteroatoms. The molecular weight excluding hydrogens is 332 g/mol. The minimum absolute atomic E-state index is 0.0468. The van der Waals surface area contributed by atoms with E-state index in [1.807, 2.05) is 38.1 Å². The Balaban J connectivity index is 1.78. The van der Waals surface area contributed by atoms with Crippen LogP contribution in [-0.2, 0) is 11.3 Å². The summed E-state index contributed by atoms with van der Waals surface area (Å²) in [5.41, 5.74) is 0.952. The number of methoxy groups -OCH3 is 1. The van der Waals surface area contributed by atoms with Crippen LogP contribution in [0.1, 0.15) is 19.4 Å². The Kier molecular flexibility index (Phi) is 6.66. The van der Waals surface area contributed by atoms with Crippen LogP contribution in [0.15, 0.2) is 28.6 Å². The van der Waals surface area contributed by atoms with Crippen molar-refractivity contribution in [2.24, 2.45) is 0 Å². The summed E-state index contributed by atoms with van der Waals surface area (Å²) in [6.45, 7) is 4.53. The van der Waals surface area contributed by atoms with Gasteiger partial charge in [-0.3, -0.25) is 4.79 Å². The molecule has 0 radical (unpaired) electrons. The molecular formula is C15H20N4O2S2. The number of thioether (sulfide) groups is 1. The van der Waals surface area contributed by atoms with Gasteiger partial charge < -0.3 is 15.4 Å². The molecule has 0 bridgehead atoms. The molecule has 1 heterocycles. The highest BCUT2D eigenvalue weighted by atomic mass is 32.2. The molecule has 0 aliphatic heterocycles. The summed E-state index contributed by atoms with van der Waals surface area (Å²) in [6.07, 6.45) is 0. The number of carbonyl (C=O) groups is 1. The quantitative estimate of drug-likeness (QED) is 0.712. The number of nitrogens with one attached hydrogen (secondary N) is 2. The molecule has 0 aliphatic carbocycles. The van der Waals surface area contributed by atoms with Crippen LogP contribution >= 0.6 is 23.1 Å². The van der Waals surface area contributed by atoms with Gasteiger partial charge in [-0.1, -0.05) is 41.3 Å². The van der Waals surface area contributed by atoms with Crippen molar-refractivity contribution in [2.75, 3.05) is 18.2 Å². The van der Waals surface area contributed by atoms with Gasteiger partial charge in [-0.25, -0.2) is 0 Å². The summed E-state index contributed by atoms with van der Waals surface area (Å²) in [5.74, 6) is 1.04. The van der Waals surface area contributed by atoms with E-state index >= 15 is 0 Å². The van der Waals surface area contributed by atoms with E-state index in [1.165, 1.54) is 23.1 Å². The number of hydrogen-bond donors (Lipinski definition) is 2. The van der Waals surface area contributed by atoms with Gasteiger partial charge in [0.1, 0.15) is 5.75 Å². The van der Waals surface area contributed by atoms with Gasteiger partial charge in [-0.2, -0.15) is 0 Å². The lowest BCUT2D eigenvalue weighted by Crippen LogP contribution is -2.24. The van der Waals surface area contributed by atoms with Gasteiger partial charge in [-0.15, -0.1) is 10.2 Å². The SMILES string of the molecule is COc1ccccc1CNC(=O)CSc1nnc(NC(C)C)s1. The molecule has 1 aromatic carbocycles. The summed E-state index contributed by atoms with van der Waals surface area (Å²) in [4.78, 5) is 11.9. The fourth-order valence-electron chi connectivity index (χ4n) is 1.79. The third-order valence-electron chi connectivity index (χ3n) is 2.81. The third kappa shape index (κ3) is 5.72. The van der Waals surface area contributed by atoms with Crippen LogP contribution in [0.5, 0.6) is 5.75 Å². The predicted molar refractivity (Wildman–Crippen MR) is 94.2 cm³/mol. The van der Waals surface area contributed by atoms with E-state index in [9.17, 15) is 4.79 Å². The summed E-state index contributed by atoms with van der Waals surface area (Å²) in [6, 6.07) is 7.94. The first-order valence-electron chi connectivity index (χ1n) is 7.20. The largest absolute Gasteiger partial charge is 0.496 e. The maximum atomic E-state index is 11.9. The van der Waals surface area contributed by atoms with Gasteiger partial charge >= 0.3 is 0 Å². The van der Waals surface area contributed by atoms with E-state index < -0.39 is 0 Å². The van der Waals surface area contributed by atoms with Crippen molar-refractivity contribution in [1.82, 2.24) is 15.5 Å². The molecule has 1 amide bonds. The fraction of sp³-hybridized carbons (Fsp3) is 0.400. The normalized spacial score (nSPS) is 10.6. The van der Waals surface area contributed by atoms with Gasteiger partial charge in [0.2, 0.25) is 11.0 Å². The molecule has 0 spiro atoms. The van der Waals surface area contributed by atoms with Crippen LogP contribution < -0.4 is 15.4 Å². The van der Waals surface area contributed by atoms with Gasteiger partial charge in [0, 0.05) is 18.2 Å². The topological polar surface area (TPSA) is 76.1 Å². The molecule has 0 saturated heterocycles. The number of ether oxygens (including phenoxy) is 1. The highest BCUT2D eigenvalue weighted by Gasteiger charge is 2.09. The maximum Gasteiger partial charge on any atom is 0.230 e. The number of carbonyl (C=O) groups excluding carboxylic acids is 1. The highest BCUT2D eigenvalue weighted by Crippen LogP contribution is 2.25. The molecule has 0 saturated carbocycles. The van der Waals surface area contributed by atoms with Crippen molar-refractivity contribution < 1.29 is 9.53 Å². The molecule has 0 fully saturated rings. The number of para-hydroxylation sites is 1. The standard InChI is InChI=1S/C15H20N4O2S2/c1-10(2)17-14-18-19-15(23-14)22-9-13(20)16-8-11-6-4-5-7-12(11)21-3/h4-7,10H,8-9H2,1-3H3,(H,16,20)(H,17,18). The molecule has 23 heavy (non-hydrogen) atoms. The number of benzene rings is 1. The minimum atomic E-state index is -0.0468. The van der Waals surface area contributed by atoms with E-state index in [2.05, 4.69) is 20.8 Å². The summed E-state index contributed by atoms with van der Waals surface area (Å²) < 4.78 is 6.04. The summed E-state index contributed by atoms with van der Waals surface area (Å²) in [7, 11) is 1.62. The van der Waals surface area contributed by atoms with Gasteiger partial charge in [-0.05, 0) is 19.9 Å². The van der Waals surface area contributed by atoms with Gasteiger partial charge in [0.25, 0.3) is 0 Å². The van der Waals surface area contributed by atoms with Crippen molar-refractivity contribution in [2.45, 2.75) is 30.8 Å². The fourth-order valence-corrected chi connectivity index (χ4v) is 3.52. The Morgan fingerprint density at radius 1 is 1.35 bits per heavy atom. The highest BCUT2D eigenvalue weighted by molar-refractivity contribution is 8.01. The first-order chi connectivity index (χ1) is 11.1. The number of hydrogen-bond acceptors (Lipinski definition) is 7.